The predicted molar refractivity (Wildman–Crippen MR) is 81.2 cm³/mol. The van der Waals surface area contributed by atoms with Crippen LogP contribution in [0.4, 0.5) is 0 Å². The van der Waals surface area contributed by atoms with Gasteiger partial charge in [-0.15, -0.1) is 0 Å². The molecule has 1 amide bonds. The smallest absolute Gasteiger partial charge is 0.303 e. The number of carboxylic acid groups (broad SMARTS) is 1. The number of hydrogen-bond donors (Lipinski definition) is 1. The van der Waals surface area contributed by atoms with Crippen molar-refractivity contribution in [3.05, 3.63) is 28.7 Å². The van der Waals surface area contributed by atoms with E-state index in [1.165, 1.54) is 0 Å². The number of carbonyl (C=O) groups excluding carboxylic acids is 1. The summed E-state index contributed by atoms with van der Waals surface area (Å²) in [6, 6.07) is 7.35. The van der Waals surface area contributed by atoms with Crippen LogP contribution in [0.3, 0.4) is 0 Å². The molecular formula is C15H18BrNO4. The van der Waals surface area contributed by atoms with E-state index in [2.05, 4.69) is 15.9 Å². The number of carboxylic acids is 1. The summed E-state index contributed by atoms with van der Waals surface area (Å²) in [4.78, 5) is 24.5. The summed E-state index contributed by atoms with van der Waals surface area (Å²) < 4.78 is 6.38. The molecule has 1 fully saturated rings. The van der Waals surface area contributed by atoms with E-state index in [-0.39, 0.29) is 24.9 Å². The van der Waals surface area contributed by atoms with E-state index in [0.29, 0.717) is 18.8 Å². The number of halogens is 1. The first-order valence-corrected chi connectivity index (χ1v) is 7.72. The summed E-state index contributed by atoms with van der Waals surface area (Å²) in [6.45, 7) is 1.23. The van der Waals surface area contributed by atoms with E-state index in [9.17, 15) is 9.59 Å². The minimum absolute atomic E-state index is 0.0139. The highest BCUT2D eigenvalue weighted by Gasteiger charge is 2.24. The van der Waals surface area contributed by atoms with E-state index >= 15 is 0 Å². The van der Waals surface area contributed by atoms with E-state index in [1.807, 2.05) is 18.2 Å². The Kier molecular flexibility index (Phi) is 5.61. The van der Waals surface area contributed by atoms with Crippen LogP contribution in [0.5, 0.6) is 5.75 Å². The van der Waals surface area contributed by atoms with Crippen LogP contribution < -0.4 is 4.74 Å². The molecule has 0 aromatic heterocycles. The van der Waals surface area contributed by atoms with Gasteiger partial charge in [0.1, 0.15) is 5.75 Å². The summed E-state index contributed by atoms with van der Waals surface area (Å²) in [7, 11) is 0. The van der Waals surface area contributed by atoms with Gasteiger partial charge in [0.15, 0.2) is 6.61 Å². The van der Waals surface area contributed by atoms with Crippen molar-refractivity contribution in [3.8, 4) is 5.75 Å². The normalized spacial score (nSPS) is 15.8. The van der Waals surface area contributed by atoms with Gasteiger partial charge in [0.05, 0.1) is 0 Å². The van der Waals surface area contributed by atoms with Crippen LogP contribution in [-0.2, 0) is 9.59 Å². The van der Waals surface area contributed by atoms with Gasteiger partial charge in [-0.25, -0.2) is 0 Å². The average Bonchev–Trinajstić information content (AvgIpc) is 2.45. The molecule has 1 aliphatic heterocycles. The lowest BCUT2D eigenvalue weighted by molar-refractivity contribution is -0.139. The Bertz CT molecular complexity index is 512. The fraction of sp³-hybridized carbons (Fsp3) is 0.467. The monoisotopic (exact) mass is 355 g/mol. The molecule has 0 radical (unpaired) electrons. The molecule has 1 aromatic carbocycles. The zero-order valence-electron chi connectivity index (χ0n) is 11.6. The molecule has 0 atom stereocenters. The largest absolute Gasteiger partial charge is 0.484 e. The Morgan fingerprint density at radius 3 is 2.67 bits per heavy atom. The van der Waals surface area contributed by atoms with Crippen molar-refractivity contribution in [1.82, 2.24) is 4.90 Å². The van der Waals surface area contributed by atoms with Gasteiger partial charge in [-0.3, -0.25) is 9.59 Å². The second-order valence-electron chi connectivity index (χ2n) is 5.17. The van der Waals surface area contributed by atoms with Crippen molar-refractivity contribution in [2.75, 3.05) is 19.7 Å². The molecule has 0 unspecified atom stereocenters. The predicted octanol–water partition coefficient (Wildman–Crippen LogP) is 2.54. The number of nitrogens with zero attached hydrogens (tertiary/aromatic N) is 1. The lowest BCUT2D eigenvalue weighted by Gasteiger charge is -2.31. The molecular weight excluding hydrogens is 338 g/mol. The van der Waals surface area contributed by atoms with Gasteiger partial charge in [-0.05, 0) is 37.0 Å². The van der Waals surface area contributed by atoms with Crippen LogP contribution in [-0.4, -0.2) is 41.6 Å². The standard InChI is InChI=1S/C15H18BrNO4/c16-12-2-1-3-13(9-12)21-10-14(18)17-6-4-11(5-7-17)8-15(19)20/h1-3,9,11H,4-8,10H2,(H,19,20). The van der Waals surface area contributed by atoms with Gasteiger partial charge >= 0.3 is 5.97 Å². The Labute approximate surface area is 132 Å². The van der Waals surface area contributed by atoms with Crippen LogP contribution in [0.2, 0.25) is 0 Å². The summed E-state index contributed by atoms with van der Waals surface area (Å²) >= 11 is 3.35. The maximum absolute atomic E-state index is 12.1. The molecule has 0 aliphatic carbocycles. The van der Waals surface area contributed by atoms with Crippen molar-refractivity contribution in [2.24, 2.45) is 5.92 Å². The van der Waals surface area contributed by atoms with E-state index in [1.54, 1.807) is 11.0 Å². The highest BCUT2D eigenvalue weighted by molar-refractivity contribution is 9.10. The topological polar surface area (TPSA) is 66.8 Å². The van der Waals surface area contributed by atoms with Crippen molar-refractivity contribution < 1.29 is 19.4 Å². The van der Waals surface area contributed by atoms with Crippen LogP contribution in [0, 0.1) is 5.92 Å². The quantitative estimate of drug-likeness (QED) is 0.881. The number of benzene rings is 1. The number of ether oxygens (including phenoxy) is 1. The summed E-state index contributed by atoms with van der Waals surface area (Å²) in [5.74, 6) is 0.0116. The number of aliphatic carboxylic acids is 1. The van der Waals surface area contributed by atoms with E-state index in [4.69, 9.17) is 9.84 Å². The summed E-state index contributed by atoms with van der Waals surface area (Å²) in [6.07, 6.45) is 1.68. The Morgan fingerprint density at radius 2 is 2.05 bits per heavy atom. The first kappa shape index (κ1) is 15.8. The first-order chi connectivity index (χ1) is 10.0. The second kappa shape index (κ2) is 7.45. The number of amides is 1. The third-order valence-electron chi connectivity index (χ3n) is 3.59. The molecule has 0 saturated carbocycles. The third kappa shape index (κ3) is 5.04. The lowest BCUT2D eigenvalue weighted by atomic mass is 9.94. The Balaban J connectivity index is 1.76. The van der Waals surface area contributed by atoms with Gasteiger partial charge in [-0.2, -0.15) is 0 Å². The average molecular weight is 356 g/mol. The molecule has 1 saturated heterocycles. The molecule has 6 heteroatoms. The fourth-order valence-electron chi connectivity index (χ4n) is 2.43. The zero-order valence-corrected chi connectivity index (χ0v) is 13.2. The van der Waals surface area contributed by atoms with E-state index in [0.717, 1.165) is 17.3 Å². The maximum Gasteiger partial charge on any atom is 0.303 e. The minimum Gasteiger partial charge on any atom is -0.484 e. The second-order valence-corrected chi connectivity index (χ2v) is 6.08. The zero-order chi connectivity index (χ0) is 15.2. The molecule has 0 bridgehead atoms. The van der Waals surface area contributed by atoms with Gasteiger partial charge in [0.25, 0.3) is 5.91 Å². The molecule has 1 N–H and O–H groups in total. The molecule has 0 spiro atoms. The Hall–Kier alpha value is -1.56. The molecule has 1 aromatic rings. The summed E-state index contributed by atoms with van der Waals surface area (Å²) in [5, 5.41) is 8.77. The molecule has 1 aliphatic rings. The van der Waals surface area contributed by atoms with Crippen molar-refractivity contribution in [3.63, 3.8) is 0 Å². The molecule has 21 heavy (non-hydrogen) atoms. The van der Waals surface area contributed by atoms with Crippen LogP contribution in [0.15, 0.2) is 28.7 Å². The number of piperidine rings is 1. The summed E-state index contributed by atoms with van der Waals surface area (Å²) in [5.41, 5.74) is 0. The number of likely N-dealkylation sites (tertiary alicyclic amines) is 1. The maximum atomic E-state index is 12.1. The van der Waals surface area contributed by atoms with Gasteiger partial charge in [-0.1, -0.05) is 22.0 Å². The van der Waals surface area contributed by atoms with Gasteiger partial charge < -0.3 is 14.7 Å². The highest BCUT2D eigenvalue weighted by atomic mass is 79.9. The first-order valence-electron chi connectivity index (χ1n) is 6.92. The van der Waals surface area contributed by atoms with Gasteiger partial charge in [0.2, 0.25) is 0 Å². The van der Waals surface area contributed by atoms with Crippen LogP contribution >= 0.6 is 15.9 Å². The molecule has 5 nitrogen and oxygen atoms in total. The van der Waals surface area contributed by atoms with Gasteiger partial charge in [0, 0.05) is 24.0 Å². The van der Waals surface area contributed by atoms with Crippen LogP contribution in [0.25, 0.3) is 0 Å². The molecule has 2 rings (SSSR count). The molecule has 1 heterocycles. The van der Waals surface area contributed by atoms with Crippen molar-refractivity contribution >= 4 is 27.8 Å². The van der Waals surface area contributed by atoms with E-state index < -0.39 is 5.97 Å². The molecule has 114 valence electrons. The van der Waals surface area contributed by atoms with Crippen molar-refractivity contribution in [2.45, 2.75) is 19.3 Å². The third-order valence-corrected chi connectivity index (χ3v) is 4.08. The Morgan fingerprint density at radius 1 is 1.33 bits per heavy atom. The van der Waals surface area contributed by atoms with Crippen molar-refractivity contribution in [1.29, 1.82) is 0 Å². The SMILES string of the molecule is O=C(O)CC1CCN(C(=O)COc2cccc(Br)c2)CC1. The highest BCUT2D eigenvalue weighted by Crippen LogP contribution is 2.21. The number of rotatable bonds is 5. The number of carbonyl (C=O) groups is 2. The number of hydrogen-bond acceptors (Lipinski definition) is 3. The van der Waals surface area contributed by atoms with Crippen LogP contribution in [0.1, 0.15) is 19.3 Å². The minimum atomic E-state index is -0.766. The fourth-order valence-corrected chi connectivity index (χ4v) is 2.80. The lowest BCUT2D eigenvalue weighted by Crippen LogP contribution is -2.41.